The Morgan fingerprint density at radius 3 is 2.73 bits per heavy atom. The maximum absolute atomic E-state index is 10.9. The summed E-state index contributed by atoms with van der Waals surface area (Å²) >= 11 is 5.79. The van der Waals surface area contributed by atoms with Crippen LogP contribution in [0.3, 0.4) is 0 Å². The molecule has 0 radical (unpaired) electrons. The van der Waals surface area contributed by atoms with Gasteiger partial charge in [0.2, 0.25) is 5.82 Å². The lowest BCUT2D eigenvalue weighted by atomic mass is 10.1. The minimum absolute atomic E-state index is 0.0624. The second-order valence-corrected chi connectivity index (χ2v) is 5.07. The average molecular weight is 316 g/mol. The molecule has 0 aliphatic heterocycles. The predicted molar refractivity (Wildman–Crippen MR) is 81.6 cm³/mol. The van der Waals surface area contributed by atoms with Crippen LogP contribution in [-0.2, 0) is 0 Å². The lowest BCUT2D eigenvalue weighted by Gasteiger charge is -1.98. The van der Waals surface area contributed by atoms with Gasteiger partial charge in [-0.05, 0) is 24.6 Å². The number of aromatic nitrogens is 2. The van der Waals surface area contributed by atoms with Crippen LogP contribution in [-0.4, -0.2) is 15.1 Å². The van der Waals surface area contributed by atoms with Gasteiger partial charge < -0.3 is 4.52 Å². The Morgan fingerprint density at radius 1 is 1.23 bits per heavy atom. The zero-order valence-electron chi connectivity index (χ0n) is 11.5. The molecular formula is C15H10ClN3O3. The molecule has 7 heteroatoms. The van der Waals surface area contributed by atoms with Crippen LogP contribution in [0.2, 0.25) is 5.02 Å². The maximum Gasteiger partial charge on any atom is 0.288 e. The molecule has 0 spiro atoms. The third kappa shape index (κ3) is 2.56. The standard InChI is InChI=1S/C15H10ClN3O3/c1-9-4-2-3-5-11(9)14-17-15(22-18-14)10-6-7-12(16)13(8-10)19(20)21/h2-8H,1H3. The largest absolute Gasteiger partial charge is 0.334 e. The molecule has 0 aliphatic rings. The molecule has 6 nitrogen and oxygen atoms in total. The van der Waals surface area contributed by atoms with Crippen molar-refractivity contribution in [2.75, 3.05) is 0 Å². The molecule has 0 saturated heterocycles. The van der Waals surface area contributed by atoms with E-state index >= 15 is 0 Å². The lowest BCUT2D eigenvalue weighted by molar-refractivity contribution is -0.384. The van der Waals surface area contributed by atoms with Crippen molar-refractivity contribution < 1.29 is 9.45 Å². The van der Waals surface area contributed by atoms with Gasteiger partial charge in [0.15, 0.2) is 0 Å². The summed E-state index contributed by atoms with van der Waals surface area (Å²) < 4.78 is 5.21. The van der Waals surface area contributed by atoms with Gasteiger partial charge in [0.1, 0.15) is 5.02 Å². The molecule has 0 N–H and O–H groups in total. The van der Waals surface area contributed by atoms with Crippen LogP contribution in [0.5, 0.6) is 0 Å². The van der Waals surface area contributed by atoms with Crippen molar-refractivity contribution in [1.82, 2.24) is 10.1 Å². The van der Waals surface area contributed by atoms with Gasteiger partial charge >= 0.3 is 0 Å². The highest BCUT2D eigenvalue weighted by Gasteiger charge is 2.17. The van der Waals surface area contributed by atoms with Gasteiger partial charge in [-0.15, -0.1) is 0 Å². The zero-order chi connectivity index (χ0) is 15.7. The topological polar surface area (TPSA) is 82.1 Å². The van der Waals surface area contributed by atoms with E-state index in [1.165, 1.54) is 12.1 Å². The Hall–Kier alpha value is -2.73. The highest BCUT2D eigenvalue weighted by atomic mass is 35.5. The first-order valence-electron chi connectivity index (χ1n) is 6.40. The van der Waals surface area contributed by atoms with Crippen molar-refractivity contribution in [2.45, 2.75) is 6.92 Å². The van der Waals surface area contributed by atoms with Crippen LogP contribution >= 0.6 is 11.6 Å². The van der Waals surface area contributed by atoms with Crippen LogP contribution in [0.25, 0.3) is 22.8 Å². The van der Waals surface area contributed by atoms with Crippen molar-refractivity contribution >= 4 is 17.3 Å². The summed E-state index contributed by atoms with van der Waals surface area (Å²) in [6, 6.07) is 12.0. The number of aryl methyl sites for hydroxylation is 1. The van der Waals surface area contributed by atoms with Gasteiger partial charge in [-0.25, -0.2) is 0 Å². The monoisotopic (exact) mass is 315 g/mol. The zero-order valence-corrected chi connectivity index (χ0v) is 12.2. The van der Waals surface area contributed by atoms with E-state index in [4.69, 9.17) is 16.1 Å². The number of hydrogen-bond donors (Lipinski definition) is 0. The first kappa shape index (κ1) is 14.2. The number of nitro groups is 1. The van der Waals surface area contributed by atoms with Crippen LogP contribution in [0.1, 0.15) is 5.56 Å². The minimum atomic E-state index is -0.551. The quantitative estimate of drug-likeness (QED) is 0.532. The molecule has 2 aromatic carbocycles. The Labute approximate surface area is 130 Å². The summed E-state index contributed by atoms with van der Waals surface area (Å²) in [7, 11) is 0. The number of nitrogens with zero attached hydrogens (tertiary/aromatic N) is 3. The van der Waals surface area contributed by atoms with Gasteiger partial charge in [-0.1, -0.05) is 41.0 Å². The summed E-state index contributed by atoms with van der Waals surface area (Å²) in [6.07, 6.45) is 0. The highest BCUT2D eigenvalue weighted by molar-refractivity contribution is 6.32. The minimum Gasteiger partial charge on any atom is -0.334 e. The lowest BCUT2D eigenvalue weighted by Crippen LogP contribution is -1.90. The van der Waals surface area contributed by atoms with Crippen molar-refractivity contribution in [3.05, 3.63) is 63.2 Å². The van der Waals surface area contributed by atoms with Crippen molar-refractivity contribution in [3.63, 3.8) is 0 Å². The van der Waals surface area contributed by atoms with Crippen molar-refractivity contribution in [2.24, 2.45) is 0 Å². The molecule has 0 unspecified atom stereocenters. The first-order valence-corrected chi connectivity index (χ1v) is 6.78. The number of rotatable bonds is 3. The van der Waals surface area contributed by atoms with E-state index in [0.717, 1.165) is 11.1 Å². The first-order chi connectivity index (χ1) is 10.6. The fraction of sp³-hybridized carbons (Fsp3) is 0.0667. The summed E-state index contributed by atoms with van der Waals surface area (Å²) in [6.45, 7) is 1.94. The SMILES string of the molecule is Cc1ccccc1-c1noc(-c2ccc(Cl)c([N+](=O)[O-])c2)n1. The normalized spacial score (nSPS) is 10.6. The molecule has 110 valence electrons. The van der Waals surface area contributed by atoms with Gasteiger partial charge in [-0.2, -0.15) is 4.98 Å². The maximum atomic E-state index is 10.9. The van der Waals surface area contributed by atoms with Crippen LogP contribution in [0.4, 0.5) is 5.69 Å². The fourth-order valence-electron chi connectivity index (χ4n) is 2.06. The summed E-state index contributed by atoms with van der Waals surface area (Å²) in [5, 5.41) is 14.9. The smallest absolute Gasteiger partial charge is 0.288 e. The second kappa shape index (κ2) is 5.57. The number of halogens is 1. The van der Waals surface area contributed by atoms with E-state index < -0.39 is 4.92 Å². The van der Waals surface area contributed by atoms with Crippen LogP contribution in [0.15, 0.2) is 47.0 Å². The van der Waals surface area contributed by atoms with Crippen molar-refractivity contribution in [3.8, 4) is 22.8 Å². The summed E-state index contributed by atoms with van der Waals surface area (Å²) in [5.41, 5.74) is 2.11. The van der Waals surface area contributed by atoms with E-state index in [1.54, 1.807) is 6.07 Å². The molecule has 0 fully saturated rings. The Kier molecular flexibility index (Phi) is 3.60. The van der Waals surface area contributed by atoms with Crippen molar-refractivity contribution in [1.29, 1.82) is 0 Å². The molecule has 22 heavy (non-hydrogen) atoms. The Bertz CT molecular complexity index is 861. The molecule has 0 saturated carbocycles. The van der Waals surface area contributed by atoms with Crippen LogP contribution in [0, 0.1) is 17.0 Å². The van der Waals surface area contributed by atoms with Gasteiger partial charge in [0, 0.05) is 17.2 Å². The third-order valence-corrected chi connectivity index (χ3v) is 3.52. The van der Waals surface area contributed by atoms with Gasteiger partial charge in [0.25, 0.3) is 11.6 Å². The van der Waals surface area contributed by atoms with Crippen LogP contribution < -0.4 is 0 Å². The molecule has 3 aromatic rings. The summed E-state index contributed by atoms with van der Waals surface area (Å²) in [5.74, 6) is 0.642. The van der Waals surface area contributed by atoms with E-state index in [9.17, 15) is 10.1 Å². The molecule has 0 bridgehead atoms. The highest BCUT2D eigenvalue weighted by Crippen LogP contribution is 2.30. The predicted octanol–water partition coefficient (Wildman–Crippen LogP) is 4.27. The molecule has 0 amide bonds. The molecular weight excluding hydrogens is 306 g/mol. The van der Waals surface area contributed by atoms with E-state index in [1.807, 2.05) is 31.2 Å². The third-order valence-electron chi connectivity index (χ3n) is 3.20. The number of benzene rings is 2. The summed E-state index contributed by atoms with van der Waals surface area (Å²) in [4.78, 5) is 14.7. The fourth-order valence-corrected chi connectivity index (χ4v) is 2.25. The molecule has 1 aromatic heterocycles. The van der Waals surface area contributed by atoms with E-state index in [-0.39, 0.29) is 16.6 Å². The molecule has 0 atom stereocenters. The Morgan fingerprint density at radius 2 is 2.00 bits per heavy atom. The van der Waals surface area contributed by atoms with E-state index in [2.05, 4.69) is 10.1 Å². The van der Waals surface area contributed by atoms with Gasteiger partial charge in [-0.3, -0.25) is 10.1 Å². The molecule has 0 aliphatic carbocycles. The second-order valence-electron chi connectivity index (χ2n) is 4.66. The number of nitro benzene ring substituents is 1. The molecule has 1 heterocycles. The van der Waals surface area contributed by atoms with E-state index in [0.29, 0.717) is 11.4 Å². The Balaban J connectivity index is 2.03. The number of hydrogen-bond acceptors (Lipinski definition) is 5. The molecule has 3 rings (SSSR count). The average Bonchev–Trinajstić information content (AvgIpc) is 2.97. The van der Waals surface area contributed by atoms with Gasteiger partial charge in [0.05, 0.1) is 4.92 Å².